The zero-order valence-corrected chi connectivity index (χ0v) is 18.4. The number of hydrogen-bond donors (Lipinski definition) is 0. The second-order valence-electron chi connectivity index (χ2n) is 8.59. The maximum absolute atomic E-state index is 4.36. The Morgan fingerprint density at radius 2 is 1.29 bits per heavy atom. The number of anilines is 2. The Balaban J connectivity index is 1.36. The molecule has 0 N–H and O–H groups in total. The molecule has 4 aromatic carbocycles. The Morgan fingerprint density at radius 1 is 0.588 bits per heavy atom. The number of allylic oxidation sites excluding steroid dienone is 2. The molecule has 0 saturated carbocycles. The van der Waals surface area contributed by atoms with E-state index in [1.54, 1.807) is 6.20 Å². The number of rotatable bonds is 4. The molecule has 0 bridgehead atoms. The van der Waals surface area contributed by atoms with Crippen LogP contribution in [0.2, 0.25) is 0 Å². The highest BCUT2D eigenvalue weighted by Gasteiger charge is 2.23. The zero-order chi connectivity index (χ0) is 22.5. The van der Waals surface area contributed by atoms with E-state index in [0.717, 1.165) is 22.6 Å². The Kier molecular flexibility index (Phi) is 4.14. The zero-order valence-electron chi connectivity index (χ0n) is 18.4. The molecule has 0 amide bonds. The summed E-state index contributed by atoms with van der Waals surface area (Å²) in [6.07, 6.45) is 8.01. The first kappa shape index (κ1) is 18.9. The second-order valence-corrected chi connectivity index (χ2v) is 8.59. The van der Waals surface area contributed by atoms with Gasteiger partial charge >= 0.3 is 0 Å². The van der Waals surface area contributed by atoms with Crippen molar-refractivity contribution < 1.29 is 0 Å². The van der Waals surface area contributed by atoms with Crippen LogP contribution in [-0.2, 0) is 0 Å². The summed E-state index contributed by atoms with van der Waals surface area (Å²) in [5.41, 5.74) is 14.3. The molecule has 7 rings (SSSR count). The highest BCUT2D eigenvalue weighted by atomic mass is 15.2. The fourth-order valence-electron chi connectivity index (χ4n) is 5.22. The molecule has 0 unspecified atom stereocenters. The van der Waals surface area contributed by atoms with Gasteiger partial charge in [-0.2, -0.15) is 0 Å². The molecule has 2 aliphatic rings. The first-order valence-corrected chi connectivity index (χ1v) is 11.5. The van der Waals surface area contributed by atoms with Gasteiger partial charge in [-0.1, -0.05) is 72.8 Å². The van der Waals surface area contributed by atoms with Crippen molar-refractivity contribution in [2.45, 2.75) is 0 Å². The van der Waals surface area contributed by atoms with Crippen LogP contribution in [0.1, 0.15) is 5.56 Å². The molecule has 0 atom stereocenters. The van der Waals surface area contributed by atoms with Crippen LogP contribution in [0, 0.1) is 0 Å². The number of fused-ring (bicyclic) bond motifs is 3. The van der Waals surface area contributed by atoms with Crippen molar-refractivity contribution in [3.63, 3.8) is 0 Å². The number of nitrogens with zero attached hydrogens (tertiary/aromatic N) is 2. The number of pyridine rings is 1. The van der Waals surface area contributed by atoms with Crippen LogP contribution in [-0.4, -0.2) is 4.98 Å². The summed E-state index contributed by atoms with van der Waals surface area (Å²) in [5, 5.41) is 2.61. The van der Waals surface area contributed by atoms with Gasteiger partial charge in [0, 0.05) is 23.5 Å². The van der Waals surface area contributed by atoms with E-state index in [1.807, 2.05) is 18.3 Å². The fraction of sp³-hybridized carbons (Fsp3) is 0. The van der Waals surface area contributed by atoms with Gasteiger partial charge < -0.3 is 4.90 Å². The molecule has 1 heterocycles. The minimum absolute atomic E-state index is 1.02. The topological polar surface area (TPSA) is 16.1 Å². The van der Waals surface area contributed by atoms with Crippen LogP contribution in [0.3, 0.4) is 0 Å². The lowest BCUT2D eigenvalue weighted by Crippen LogP contribution is -2.14. The first-order chi connectivity index (χ1) is 16.9. The minimum Gasteiger partial charge on any atom is -0.308 e. The summed E-state index contributed by atoms with van der Waals surface area (Å²) >= 11 is 0. The van der Waals surface area contributed by atoms with E-state index < -0.39 is 0 Å². The Morgan fingerprint density at radius 3 is 2.09 bits per heavy atom. The minimum atomic E-state index is 1.02. The van der Waals surface area contributed by atoms with Gasteiger partial charge in [0.15, 0.2) is 0 Å². The molecule has 2 aliphatic carbocycles. The molecule has 2 heteroatoms. The molecule has 0 saturated heterocycles. The summed E-state index contributed by atoms with van der Waals surface area (Å²) in [7, 11) is 0. The average Bonchev–Trinajstić information content (AvgIpc) is 3.51. The SMILES string of the molecule is C1=CC(N(c2ccccc2)c2cccnc2)=CC=1c1ccc2c3c(cccc13)-c1ccccc1-2. The normalized spacial score (nSPS) is 13.1. The van der Waals surface area contributed by atoms with Crippen molar-refractivity contribution in [2.75, 3.05) is 4.90 Å². The highest BCUT2D eigenvalue weighted by molar-refractivity contribution is 6.17. The lowest BCUT2D eigenvalue weighted by molar-refractivity contribution is 1.18. The van der Waals surface area contributed by atoms with E-state index in [1.165, 1.54) is 38.6 Å². The molecule has 0 spiro atoms. The molecule has 34 heavy (non-hydrogen) atoms. The van der Waals surface area contributed by atoms with Gasteiger partial charge in [-0.05, 0) is 68.9 Å². The van der Waals surface area contributed by atoms with Gasteiger partial charge in [0.05, 0.1) is 17.6 Å². The van der Waals surface area contributed by atoms with Crippen molar-refractivity contribution in [3.05, 3.63) is 139 Å². The Bertz CT molecular complexity index is 1600. The maximum atomic E-state index is 4.36. The second kappa shape index (κ2) is 7.45. The molecule has 0 fully saturated rings. The lowest BCUT2D eigenvalue weighted by Gasteiger charge is -2.24. The summed E-state index contributed by atoms with van der Waals surface area (Å²) in [6.45, 7) is 0. The van der Waals surface area contributed by atoms with E-state index in [2.05, 4.69) is 113 Å². The van der Waals surface area contributed by atoms with E-state index >= 15 is 0 Å². The monoisotopic (exact) mass is 432 g/mol. The molecule has 5 aromatic rings. The predicted octanol–water partition coefficient (Wildman–Crippen LogP) is 8.16. The van der Waals surface area contributed by atoms with Crippen LogP contribution in [0.15, 0.2) is 133 Å². The maximum Gasteiger partial charge on any atom is 0.0645 e. The van der Waals surface area contributed by atoms with Gasteiger partial charge in [0.25, 0.3) is 0 Å². The summed E-state index contributed by atoms with van der Waals surface area (Å²) in [4.78, 5) is 6.58. The quantitative estimate of drug-likeness (QED) is 0.261. The largest absolute Gasteiger partial charge is 0.308 e. The van der Waals surface area contributed by atoms with E-state index in [9.17, 15) is 0 Å². The highest BCUT2D eigenvalue weighted by Crippen LogP contribution is 2.48. The third kappa shape index (κ3) is 2.80. The van der Waals surface area contributed by atoms with Crippen molar-refractivity contribution >= 4 is 27.7 Å². The van der Waals surface area contributed by atoms with E-state index in [-0.39, 0.29) is 0 Å². The van der Waals surface area contributed by atoms with Crippen molar-refractivity contribution in [3.8, 4) is 22.3 Å². The molecule has 0 radical (unpaired) electrons. The smallest absolute Gasteiger partial charge is 0.0645 e. The number of benzene rings is 4. The van der Waals surface area contributed by atoms with Crippen molar-refractivity contribution in [2.24, 2.45) is 0 Å². The summed E-state index contributed by atoms with van der Waals surface area (Å²) < 4.78 is 0. The van der Waals surface area contributed by atoms with Crippen LogP contribution in [0.4, 0.5) is 11.4 Å². The lowest BCUT2D eigenvalue weighted by atomic mass is 9.95. The molecule has 2 nitrogen and oxygen atoms in total. The molecular weight excluding hydrogens is 412 g/mol. The van der Waals surface area contributed by atoms with Crippen LogP contribution in [0.5, 0.6) is 0 Å². The summed E-state index contributed by atoms with van der Waals surface area (Å²) in [5.74, 6) is 0. The van der Waals surface area contributed by atoms with E-state index in [0.29, 0.717) is 0 Å². The van der Waals surface area contributed by atoms with Crippen LogP contribution < -0.4 is 4.90 Å². The average molecular weight is 433 g/mol. The number of hydrogen-bond acceptors (Lipinski definition) is 2. The Hall–Kier alpha value is -4.65. The van der Waals surface area contributed by atoms with Gasteiger partial charge in [-0.3, -0.25) is 4.98 Å². The number of aromatic nitrogens is 1. The van der Waals surface area contributed by atoms with E-state index in [4.69, 9.17) is 0 Å². The summed E-state index contributed by atoms with van der Waals surface area (Å²) in [6, 6.07) is 34.3. The van der Waals surface area contributed by atoms with Gasteiger partial charge in [0.1, 0.15) is 0 Å². The molecular formula is C32H20N2. The van der Waals surface area contributed by atoms with Gasteiger partial charge in [0.2, 0.25) is 0 Å². The first-order valence-electron chi connectivity index (χ1n) is 11.5. The van der Waals surface area contributed by atoms with Gasteiger partial charge in [-0.15, -0.1) is 5.73 Å². The standard InChI is InChI=1S/C32H20N2/c1-2-8-23(9-3-1)34(25-10-7-19-33-21-25)24-16-15-22(20-24)26-17-18-31-28-12-5-4-11-27(28)30-14-6-13-29(26)32(30)31/h1-14,16-21H. The fourth-order valence-corrected chi connectivity index (χ4v) is 5.22. The van der Waals surface area contributed by atoms with Crippen LogP contribution >= 0.6 is 0 Å². The van der Waals surface area contributed by atoms with Gasteiger partial charge in [-0.25, -0.2) is 0 Å². The van der Waals surface area contributed by atoms with Crippen molar-refractivity contribution in [1.29, 1.82) is 0 Å². The predicted molar refractivity (Wildman–Crippen MR) is 141 cm³/mol. The Labute approximate surface area is 198 Å². The third-order valence-corrected chi connectivity index (χ3v) is 6.68. The molecule has 0 aliphatic heterocycles. The molecule has 158 valence electrons. The third-order valence-electron chi connectivity index (χ3n) is 6.68. The number of para-hydroxylation sites is 1. The molecule has 1 aromatic heterocycles. The van der Waals surface area contributed by atoms with Crippen molar-refractivity contribution in [1.82, 2.24) is 4.98 Å². The van der Waals surface area contributed by atoms with Crippen LogP contribution in [0.25, 0.3) is 38.6 Å².